The number of ketones is 1. The molecular formula is C9H17NNaO2S2. The first-order valence-corrected chi connectivity index (χ1v) is 5.38. The minimum absolute atomic E-state index is 0. The molecule has 0 bridgehead atoms. The van der Waals surface area contributed by atoms with E-state index < -0.39 is 11.8 Å². The maximum absolute atomic E-state index is 11.1. The number of hydrogen-bond donors (Lipinski definition) is 3. The Morgan fingerprint density at radius 1 is 1.33 bits per heavy atom. The van der Waals surface area contributed by atoms with Gasteiger partial charge < -0.3 is 5.73 Å². The third-order valence-corrected chi connectivity index (χ3v) is 2.53. The van der Waals surface area contributed by atoms with E-state index in [1.807, 2.05) is 0 Å². The second-order valence-electron chi connectivity index (χ2n) is 3.31. The summed E-state index contributed by atoms with van der Waals surface area (Å²) in [4.78, 5) is 22.0. The summed E-state index contributed by atoms with van der Waals surface area (Å²) < 4.78 is -0.0558. The van der Waals surface area contributed by atoms with E-state index in [1.54, 1.807) is 0 Å². The molecule has 0 saturated heterocycles. The van der Waals surface area contributed by atoms with Crippen molar-refractivity contribution in [1.82, 2.24) is 0 Å². The second-order valence-corrected chi connectivity index (χ2v) is 4.96. The average Bonchev–Trinajstić information content (AvgIpc) is 1.99. The van der Waals surface area contributed by atoms with Gasteiger partial charge in [0, 0.05) is 4.58 Å². The average molecular weight is 258 g/mol. The van der Waals surface area contributed by atoms with E-state index >= 15 is 0 Å². The van der Waals surface area contributed by atoms with Gasteiger partial charge in [-0.25, -0.2) is 0 Å². The normalized spacial score (nSPS) is 14.2. The molecule has 83 valence electrons. The molecule has 0 saturated carbocycles. The monoisotopic (exact) mass is 258 g/mol. The van der Waals surface area contributed by atoms with Crippen molar-refractivity contribution in [3.05, 3.63) is 6.92 Å². The van der Waals surface area contributed by atoms with Crippen LogP contribution in [-0.2, 0) is 9.59 Å². The van der Waals surface area contributed by atoms with E-state index in [-0.39, 0.29) is 45.8 Å². The van der Waals surface area contributed by atoms with Crippen molar-refractivity contribution in [3.63, 3.8) is 0 Å². The number of thiol groups is 2. The van der Waals surface area contributed by atoms with E-state index in [0.717, 1.165) is 0 Å². The van der Waals surface area contributed by atoms with Crippen LogP contribution >= 0.6 is 25.3 Å². The first-order chi connectivity index (χ1) is 6.36. The van der Waals surface area contributed by atoms with Crippen molar-refractivity contribution in [3.8, 4) is 0 Å². The molecule has 0 fully saturated rings. The minimum atomic E-state index is -0.782. The molecule has 0 aliphatic heterocycles. The SMILES string of the molecule is [CH2]C(CCC(S)S)C(C(C)=O)C(N)=O.[NaH]. The number of amides is 1. The number of rotatable bonds is 6. The van der Waals surface area contributed by atoms with E-state index in [9.17, 15) is 9.59 Å². The fourth-order valence-corrected chi connectivity index (χ4v) is 1.59. The summed E-state index contributed by atoms with van der Waals surface area (Å²) in [6.07, 6.45) is 1.31. The van der Waals surface area contributed by atoms with Crippen LogP contribution in [0.5, 0.6) is 0 Å². The van der Waals surface area contributed by atoms with Crippen LogP contribution in [0.1, 0.15) is 19.8 Å². The van der Waals surface area contributed by atoms with Crippen LogP contribution in [0.4, 0.5) is 0 Å². The predicted octanol–water partition coefficient (Wildman–Crippen LogP) is 0.445. The van der Waals surface area contributed by atoms with Crippen LogP contribution < -0.4 is 5.73 Å². The standard InChI is InChI=1S/C9H16NO2S2.Na.H/c1-5(3-4-7(13)14)8(6(2)11)9(10)12;;/h5,7-8,13-14H,1,3-4H2,2H3,(H2,10,12);;. The molecule has 0 heterocycles. The van der Waals surface area contributed by atoms with Crippen LogP contribution in [0.3, 0.4) is 0 Å². The number of nitrogens with two attached hydrogens (primary N) is 1. The Morgan fingerprint density at radius 3 is 2.07 bits per heavy atom. The van der Waals surface area contributed by atoms with Gasteiger partial charge in [-0.05, 0) is 32.6 Å². The Hall–Kier alpha value is 0.840. The van der Waals surface area contributed by atoms with Gasteiger partial charge in [0.05, 0.1) is 5.92 Å². The maximum atomic E-state index is 11.1. The summed E-state index contributed by atoms with van der Waals surface area (Å²) >= 11 is 8.16. The summed E-state index contributed by atoms with van der Waals surface area (Å²) in [7, 11) is 0. The van der Waals surface area contributed by atoms with Gasteiger partial charge in [-0.1, -0.05) is 0 Å². The van der Waals surface area contributed by atoms with Gasteiger partial charge in [-0.2, -0.15) is 25.3 Å². The van der Waals surface area contributed by atoms with Gasteiger partial charge in [-0.3, -0.25) is 9.59 Å². The van der Waals surface area contributed by atoms with Crippen molar-refractivity contribution in [1.29, 1.82) is 0 Å². The molecule has 2 N–H and O–H groups in total. The van der Waals surface area contributed by atoms with E-state index in [0.29, 0.717) is 12.8 Å². The molecule has 6 heteroatoms. The first-order valence-electron chi connectivity index (χ1n) is 4.35. The van der Waals surface area contributed by atoms with Gasteiger partial charge in [0.15, 0.2) is 0 Å². The second kappa shape index (κ2) is 8.93. The van der Waals surface area contributed by atoms with Gasteiger partial charge in [0.1, 0.15) is 5.78 Å². The predicted molar refractivity (Wildman–Crippen MR) is 70.4 cm³/mol. The molecule has 15 heavy (non-hydrogen) atoms. The van der Waals surface area contributed by atoms with Crippen LogP contribution in [0, 0.1) is 18.8 Å². The summed E-state index contributed by atoms with van der Waals surface area (Å²) in [6, 6.07) is 0. The molecule has 1 radical (unpaired) electrons. The Balaban J connectivity index is 0. The molecule has 0 aliphatic rings. The molecule has 1 amide bonds. The summed E-state index contributed by atoms with van der Waals surface area (Å²) in [6.45, 7) is 5.12. The number of hydrogen-bond acceptors (Lipinski definition) is 4. The zero-order valence-electron chi connectivity index (χ0n) is 8.14. The zero-order chi connectivity index (χ0) is 11.3. The fourth-order valence-electron chi connectivity index (χ4n) is 1.29. The van der Waals surface area contributed by atoms with Gasteiger partial charge in [0.25, 0.3) is 0 Å². The quantitative estimate of drug-likeness (QED) is 0.280. The van der Waals surface area contributed by atoms with E-state index in [1.165, 1.54) is 6.92 Å². The number of carbonyl (C=O) groups is 2. The van der Waals surface area contributed by atoms with Crippen LogP contribution in [0.25, 0.3) is 0 Å². The Morgan fingerprint density at radius 2 is 1.80 bits per heavy atom. The van der Waals surface area contributed by atoms with Gasteiger partial charge in [0.2, 0.25) is 5.91 Å². The van der Waals surface area contributed by atoms with Crippen molar-refractivity contribution >= 4 is 66.5 Å². The molecule has 0 aliphatic carbocycles. The zero-order valence-corrected chi connectivity index (χ0v) is 9.93. The fraction of sp³-hybridized carbons (Fsp3) is 0.667. The van der Waals surface area contributed by atoms with Crippen LogP contribution in [0.2, 0.25) is 0 Å². The molecule has 0 aromatic carbocycles. The molecule has 0 aromatic heterocycles. The van der Waals surface area contributed by atoms with Crippen LogP contribution in [-0.4, -0.2) is 45.8 Å². The summed E-state index contributed by atoms with van der Waals surface area (Å²) in [5.41, 5.74) is 5.11. The molecule has 3 nitrogen and oxygen atoms in total. The number of Topliss-reactive ketones (excluding diaryl/α,β-unsaturated/α-hetero) is 1. The van der Waals surface area contributed by atoms with E-state index in [2.05, 4.69) is 32.2 Å². The van der Waals surface area contributed by atoms with Gasteiger partial charge in [-0.15, -0.1) is 0 Å². The molecule has 2 atom stereocenters. The Kier molecular flexibility index (Phi) is 10.8. The molecule has 0 rings (SSSR count). The van der Waals surface area contributed by atoms with Crippen molar-refractivity contribution in [2.24, 2.45) is 17.6 Å². The topological polar surface area (TPSA) is 60.2 Å². The summed E-state index contributed by atoms with van der Waals surface area (Å²) in [5.74, 6) is -1.90. The first kappa shape index (κ1) is 18.2. The third kappa shape index (κ3) is 7.69. The van der Waals surface area contributed by atoms with Gasteiger partial charge >= 0.3 is 29.6 Å². The number of primary amides is 1. The molecule has 0 aromatic rings. The Bertz CT molecular complexity index is 210. The number of carbonyl (C=O) groups excluding carboxylic acids is 2. The Labute approximate surface area is 124 Å². The van der Waals surface area contributed by atoms with Crippen molar-refractivity contribution in [2.45, 2.75) is 24.3 Å². The van der Waals surface area contributed by atoms with Crippen molar-refractivity contribution < 1.29 is 9.59 Å². The third-order valence-electron chi connectivity index (χ3n) is 2.01. The molecule has 0 spiro atoms. The van der Waals surface area contributed by atoms with Crippen LogP contribution in [0.15, 0.2) is 0 Å². The molecular weight excluding hydrogens is 241 g/mol. The van der Waals surface area contributed by atoms with Crippen molar-refractivity contribution in [2.75, 3.05) is 0 Å². The molecule has 2 unspecified atom stereocenters. The van der Waals surface area contributed by atoms with E-state index in [4.69, 9.17) is 5.73 Å². The summed E-state index contributed by atoms with van der Waals surface area (Å²) in [5, 5.41) is 0.